The molecule has 0 radical (unpaired) electrons. The van der Waals surface area contributed by atoms with Crippen LogP contribution in [-0.2, 0) is 19.6 Å². The summed E-state index contributed by atoms with van der Waals surface area (Å²) in [6.45, 7) is 3.62. The minimum atomic E-state index is -3.68. The molecule has 1 aromatic carbocycles. The molecule has 0 aromatic heterocycles. The number of benzene rings is 1. The van der Waals surface area contributed by atoms with Crippen molar-refractivity contribution in [2.45, 2.75) is 17.7 Å². The molecule has 2 N–H and O–H groups in total. The van der Waals surface area contributed by atoms with Crippen LogP contribution in [0.15, 0.2) is 23.1 Å². The second-order valence-electron chi connectivity index (χ2n) is 8.04. The standard InChI is InChI=1S/C20H28N4O6S/c21-20(26)15-3-5-22(6-4-15)14-19(25)23-7-9-24(10-8-23)31(27,28)16-1-2-17-18(13-16)30-12-11-29-17/h1-2,13,15H,3-12,14H2,(H2,21,26). The summed E-state index contributed by atoms with van der Waals surface area (Å²) < 4.78 is 38.4. The Morgan fingerprint density at radius 2 is 1.61 bits per heavy atom. The SMILES string of the molecule is NC(=O)C1CCN(CC(=O)N2CCN(S(=O)(=O)c3ccc4c(c3)OCCO4)CC2)CC1. The van der Waals surface area contributed by atoms with Crippen LogP contribution in [0.2, 0.25) is 0 Å². The van der Waals surface area contributed by atoms with E-state index in [0.717, 1.165) is 0 Å². The number of nitrogens with zero attached hydrogens (tertiary/aromatic N) is 3. The number of nitrogens with two attached hydrogens (primary N) is 1. The Morgan fingerprint density at radius 1 is 0.968 bits per heavy atom. The van der Waals surface area contributed by atoms with Crippen LogP contribution in [0.4, 0.5) is 0 Å². The Hall–Kier alpha value is -2.37. The third kappa shape index (κ3) is 4.78. The van der Waals surface area contributed by atoms with Gasteiger partial charge in [-0.3, -0.25) is 14.5 Å². The van der Waals surface area contributed by atoms with Crippen LogP contribution in [0, 0.1) is 5.92 Å². The molecular weight excluding hydrogens is 424 g/mol. The maximum atomic E-state index is 13.0. The molecule has 0 bridgehead atoms. The summed E-state index contributed by atoms with van der Waals surface area (Å²) in [6.07, 6.45) is 1.34. The van der Waals surface area contributed by atoms with Gasteiger partial charge >= 0.3 is 0 Å². The number of sulfonamides is 1. The second kappa shape index (κ2) is 9.01. The van der Waals surface area contributed by atoms with Gasteiger partial charge in [0.25, 0.3) is 0 Å². The topological polar surface area (TPSA) is 122 Å². The first-order valence-corrected chi connectivity index (χ1v) is 12.0. The molecule has 2 amide bonds. The number of fused-ring (bicyclic) bond motifs is 1. The zero-order chi connectivity index (χ0) is 22.0. The highest BCUT2D eigenvalue weighted by Gasteiger charge is 2.32. The van der Waals surface area contributed by atoms with Gasteiger partial charge in [0, 0.05) is 38.2 Å². The van der Waals surface area contributed by atoms with E-state index in [1.54, 1.807) is 11.0 Å². The summed E-state index contributed by atoms with van der Waals surface area (Å²) in [5.41, 5.74) is 5.35. The molecule has 10 nitrogen and oxygen atoms in total. The van der Waals surface area contributed by atoms with E-state index in [-0.39, 0.29) is 42.3 Å². The molecule has 31 heavy (non-hydrogen) atoms. The lowest BCUT2D eigenvalue weighted by molar-refractivity contribution is -0.134. The van der Waals surface area contributed by atoms with E-state index in [0.29, 0.717) is 63.7 Å². The van der Waals surface area contributed by atoms with Crippen molar-refractivity contribution in [1.82, 2.24) is 14.1 Å². The summed E-state index contributed by atoms with van der Waals surface area (Å²) in [5.74, 6) is 0.567. The fraction of sp³-hybridized carbons (Fsp3) is 0.600. The zero-order valence-electron chi connectivity index (χ0n) is 17.4. The van der Waals surface area contributed by atoms with Crippen LogP contribution in [0.3, 0.4) is 0 Å². The van der Waals surface area contributed by atoms with E-state index < -0.39 is 10.0 Å². The van der Waals surface area contributed by atoms with Gasteiger partial charge < -0.3 is 20.1 Å². The van der Waals surface area contributed by atoms with Gasteiger partial charge in [0.15, 0.2) is 11.5 Å². The van der Waals surface area contributed by atoms with Crippen LogP contribution >= 0.6 is 0 Å². The fourth-order valence-corrected chi connectivity index (χ4v) is 5.62. The number of amides is 2. The van der Waals surface area contributed by atoms with E-state index in [1.165, 1.54) is 16.4 Å². The van der Waals surface area contributed by atoms with E-state index in [2.05, 4.69) is 0 Å². The first-order valence-electron chi connectivity index (χ1n) is 10.5. The first-order chi connectivity index (χ1) is 14.8. The van der Waals surface area contributed by atoms with E-state index in [4.69, 9.17) is 15.2 Å². The van der Waals surface area contributed by atoms with Crippen LogP contribution in [0.5, 0.6) is 11.5 Å². The number of hydrogen-bond acceptors (Lipinski definition) is 7. The predicted molar refractivity (Wildman–Crippen MR) is 111 cm³/mol. The third-order valence-electron chi connectivity index (χ3n) is 6.09. The minimum Gasteiger partial charge on any atom is -0.486 e. The predicted octanol–water partition coefficient (Wildman–Crippen LogP) is -0.512. The Balaban J connectivity index is 1.31. The monoisotopic (exact) mass is 452 g/mol. The molecule has 0 aliphatic carbocycles. The number of likely N-dealkylation sites (tertiary alicyclic amines) is 1. The van der Waals surface area contributed by atoms with Crippen LogP contribution in [0.1, 0.15) is 12.8 Å². The summed E-state index contributed by atoms with van der Waals surface area (Å²) in [4.78, 5) is 27.8. The molecule has 2 saturated heterocycles. The Kier molecular flexibility index (Phi) is 6.35. The maximum absolute atomic E-state index is 13.0. The smallest absolute Gasteiger partial charge is 0.243 e. The lowest BCUT2D eigenvalue weighted by Gasteiger charge is -2.36. The summed E-state index contributed by atoms with van der Waals surface area (Å²) >= 11 is 0. The van der Waals surface area contributed by atoms with Crippen molar-refractivity contribution in [3.8, 4) is 11.5 Å². The molecule has 0 saturated carbocycles. The zero-order valence-corrected chi connectivity index (χ0v) is 18.2. The molecule has 11 heteroatoms. The largest absolute Gasteiger partial charge is 0.486 e. The molecule has 2 fully saturated rings. The van der Waals surface area contributed by atoms with E-state index in [9.17, 15) is 18.0 Å². The van der Waals surface area contributed by atoms with Crippen molar-refractivity contribution in [2.75, 3.05) is 59.0 Å². The molecule has 1 aromatic rings. The molecule has 170 valence electrons. The lowest BCUT2D eigenvalue weighted by Crippen LogP contribution is -2.53. The van der Waals surface area contributed by atoms with Gasteiger partial charge in [0.2, 0.25) is 21.8 Å². The molecule has 0 unspecified atom stereocenters. The van der Waals surface area contributed by atoms with Gasteiger partial charge in [-0.1, -0.05) is 0 Å². The van der Waals surface area contributed by atoms with Gasteiger partial charge in [0.1, 0.15) is 13.2 Å². The van der Waals surface area contributed by atoms with Crippen molar-refractivity contribution in [3.05, 3.63) is 18.2 Å². The summed E-state index contributed by atoms with van der Waals surface area (Å²) in [7, 11) is -3.68. The molecule has 0 atom stereocenters. The van der Waals surface area contributed by atoms with Crippen molar-refractivity contribution >= 4 is 21.8 Å². The molecule has 3 heterocycles. The molecule has 4 rings (SSSR count). The van der Waals surface area contributed by atoms with Crippen molar-refractivity contribution in [2.24, 2.45) is 11.7 Å². The minimum absolute atomic E-state index is 0.0195. The number of carbonyl (C=O) groups is 2. The summed E-state index contributed by atoms with van der Waals surface area (Å²) in [5, 5.41) is 0. The number of carbonyl (C=O) groups excluding carboxylic acids is 2. The number of rotatable bonds is 5. The fourth-order valence-electron chi connectivity index (χ4n) is 4.18. The average Bonchev–Trinajstić information content (AvgIpc) is 2.79. The molecule has 0 spiro atoms. The maximum Gasteiger partial charge on any atom is 0.243 e. The number of ether oxygens (including phenoxy) is 2. The normalized spacial score (nSPS) is 21.1. The van der Waals surface area contributed by atoms with Crippen LogP contribution in [-0.4, -0.2) is 93.4 Å². The Bertz CT molecular complexity index is 937. The van der Waals surface area contributed by atoms with E-state index >= 15 is 0 Å². The number of hydrogen-bond donors (Lipinski definition) is 1. The average molecular weight is 453 g/mol. The third-order valence-corrected chi connectivity index (χ3v) is 7.99. The Labute approximate surface area is 181 Å². The van der Waals surface area contributed by atoms with Gasteiger partial charge in [-0.15, -0.1) is 0 Å². The first kappa shape index (κ1) is 21.8. The van der Waals surface area contributed by atoms with Crippen LogP contribution in [0.25, 0.3) is 0 Å². The van der Waals surface area contributed by atoms with Crippen molar-refractivity contribution in [1.29, 1.82) is 0 Å². The highest BCUT2D eigenvalue weighted by atomic mass is 32.2. The number of piperidine rings is 1. The van der Waals surface area contributed by atoms with Crippen LogP contribution < -0.4 is 15.2 Å². The molecule has 3 aliphatic rings. The highest BCUT2D eigenvalue weighted by Crippen LogP contribution is 2.33. The Morgan fingerprint density at radius 3 is 2.26 bits per heavy atom. The van der Waals surface area contributed by atoms with Gasteiger partial charge in [-0.25, -0.2) is 8.42 Å². The quantitative estimate of drug-likeness (QED) is 0.638. The highest BCUT2D eigenvalue weighted by molar-refractivity contribution is 7.89. The van der Waals surface area contributed by atoms with Gasteiger partial charge in [-0.2, -0.15) is 4.31 Å². The second-order valence-corrected chi connectivity index (χ2v) is 9.98. The number of piperazine rings is 1. The molecular formula is C20H28N4O6S. The van der Waals surface area contributed by atoms with Crippen molar-refractivity contribution < 1.29 is 27.5 Å². The summed E-state index contributed by atoms with van der Waals surface area (Å²) in [6, 6.07) is 4.63. The lowest BCUT2D eigenvalue weighted by atomic mass is 9.96. The number of primary amides is 1. The van der Waals surface area contributed by atoms with Gasteiger partial charge in [0.05, 0.1) is 11.4 Å². The molecule has 3 aliphatic heterocycles. The van der Waals surface area contributed by atoms with Gasteiger partial charge in [-0.05, 0) is 38.1 Å². The van der Waals surface area contributed by atoms with Crippen molar-refractivity contribution in [3.63, 3.8) is 0 Å². The van der Waals surface area contributed by atoms with E-state index in [1.807, 2.05) is 4.90 Å².